The van der Waals surface area contributed by atoms with Gasteiger partial charge in [0.05, 0.1) is 26.4 Å². The van der Waals surface area contributed by atoms with E-state index in [0.29, 0.717) is 5.75 Å². The van der Waals surface area contributed by atoms with Crippen LogP contribution in [-0.2, 0) is 11.3 Å². The Kier molecular flexibility index (Phi) is 7.23. The number of carbonyl (C=O) groups excluding carboxylic acids is 1. The first-order valence-corrected chi connectivity index (χ1v) is 10.7. The van der Waals surface area contributed by atoms with Gasteiger partial charge in [0.1, 0.15) is 0 Å². The fourth-order valence-corrected chi connectivity index (χ4v) is 4.13. The van der Waals surface area contributed by atoms with Crippen molar-refractivity contribution in [2.45, 2.75) is 37.4 Å². The highest BCUT2D eigenvalue weighted by Crippen LogP contribution is 2.24. The molecule has 1 N–H and O–H groups in total. The Hall–Kier alpha value is -1.93. The highest BCUT2D eigenvalue weighted by atomic mass is 32.2. The molecule has 2 aromatic heterocycles. The summed E-state index contributed by atoms with van der Waals surface area (Å²) < 4.78 is 2.15. The van der Waals surface area contributed by atoms with Crippen LogP contribution in [0.4, 0.5) is 0 Å². The van der Waals surface area contributed by atoms with Crippen molar-refractivity contribution in [1.29, 1.82) is 0 Å². The lowest BCUT2D eigenvalue weighted by atomic mass is 10.1. The standard InChI is InChI=1S/C19H28N6OS/c1-23(2)11-6-14-25-18(16-7-9-20-10-8-16)21-22-19(25)27-15-17(26)24-12-4-3-5-13-24/h7-10H,3-6,11-15H2,1-2H3/p+1. The lowest BCUT2D eigenvalue weighted by Gasteiger charge is -2.26. The van der Waals surface area contributed by atoms with Gasteiger partial charge in [-0.15, -0.1) is 10.2 Å². The molecule has 0 unspecified atom stereocenters. The van der Waals surface area contributed by atoms with Crippen LogP contribution in [0.15, 0.2) is 29.7 Å². The maximum atomic E-state index is 12.5. The van der Waals surface area contributed by atoms with Gasteiger partial charge in [0, 0.05) is 44.0 Å². The smallest absolute Gasteiger partial charge is 0.233 e. The molecule has 7 nitrogen and oxygen atoms in total. The van der Waals surface area contributed by atoms with Crippen molar-refractivity contribution in [2.24, 2.45) is 0 Å². The van der Waals surface area contributed by atoms with Gasteiger partial charge in [-0.05, 0) is 31.4 Å². The van der Waals surface area contributed by atoms with Gasteiger partial charge in [-0.3, -0.25) is 9.78 Å². The van der Waals surface area contributed by atoms with Gasteiger partial charge in [-0.25, -0.2) is 0 Å². The Bertz CT molecular complexity index is 727. The first-order chi connectivity index (χ1) is 13.1. The van der Waals surface area contributed by atoms with Gasteiger partial charge >= 0.3 is 0 Å². The van der Waals surface area contributed by atoms with Gasteiger partial charge in [0.2, 0.25) is 5.91 Å². The lowest BCUT2D eigenvalue weighted by molar-refractivity contribution is -0.858. The molecule has 0 aliphatic carbocycles. The summed E-state index contributed by atoms with van der Waals surface area (Å²) in [7, 11) is 4.31. The van der Waals surface area contributed by atoms with Gasteiger partial charge in [-0.1, -0.05) is 11.8 Å². The third-order valence-electron chi connectivity index (χ3n) is 4.75. The number of hydrogen-bond acceptors (Lipinski definition) is 5. The SMILES string of the molecule is C[NH+](C)CCCn1c(SCC(=O)N2CCCCC2)nnc1-c1ccncc1. The summed E-state index contributed by atoms with van der Waals surface area (Å²) in [6.07, 6.45) is 8.04. The fraction of sp³-hybridized carbons (Fsp3) is 0.579. The maximum Gasteiger partial charge on any atom is 0.233 e. The highest BCUT2D eigenvalue weighted by molar-refractivity contribution is 7.99. The Morgan fingerprint density at radius 3 is 2.59 bits per heavy atom. The molecule has 1 amide bonds. The second-order valence-electron chi connectivity index (χ2n) is 7.23. The molecule has 0 saturated carbocycles. The fourth-order valence-electron chi connectivity index (χ4n) is 3.26. The zero-order valence-corrected chi connectivity index (χ0v) is 17.0. The van der Waals surface area contributed by atoms with E-state index in [2.05, 4.69) is 33.8 Å². The number of nitrogens with one attached hydrogen (secondary N) is 1. The van der Waals surface area contributed by atoms with E-state index in [9.17, 15) is 4.79 Å². The summed E-state index contributed by atoms with van der Waals surface area (Å²) in [6, 6.07) is 3.90. The van der Waals surface area contributed by atoms with Crippen molar-refractivity contribution in [3.63, 3.8) is 0 Å². The lowest BCUT2D eigenvalue weighted by Crippen LogP contribution is -3.05. The Balaban J connectivity index is 1.71. The minimum Gasteiger partial charge on any atom is -0.342 e. The van der Waals surface area contributed by atoms with E-state index in [1.165, 1.54) is 23.1 Å². The molecule has 1 saturated heterocycles. The Morgan fingerprint density at radius 1 is 1.15 bits per heavy atom. The molecule has 27 heavy (non-hydrogen) atoms. The van der Waals surface area contributed by atoms with Crippen molar-refractivity contribution in [1.82, 2.24) is 24.6 Å². The number of nitrogens with zero attached hydrogens (tertiary/aromatic N) is 5. The van der Waals surface area contributed by atoms with Crippen molar-refractivity contribution in [3.8, 4) is 11.4 Å². The summed E-state index contributed by atoms with van der Waals surface area (Å²) in [5, 5.41) is 9.61. The van der Waals surface area contributed by atoms with E-state index in [-0.39, 0.29) is 5.91 Å². The molecule has 1 aliphatic rings. The molecule has 0 bridgehead atoms. The normalized spacial score (nSPS) is 14.7. The van der Waals surface area contributed by atoms with Crippen LogP contribution in [0.25, 0.3) is 11.4 Å². The molecule has 0 radical (unpaired) electrons. The van der Waals surface area contributed by atoms with Crippen LogP contribution in [0.3, 0.4) is 0 Å². The summed E-state index contributed by atoms with van der Waals surface area (Å²) in [6.45, 7) is 3.70. The predicted molar refractivity (Wildman–Crippen MR) is 107 cm³/mol. The number of pyridine rings is 1. The molecular weight excluding hydrogens is 360 g/mol. The van der Waals surface area contributed by atoms with Gasteiger partial charge in [0.25, 0.3) is 0 Å². The van der Waals surface area contributed by atoms with Crippen LogP contribution < -0.4 is 4.90 Å². The van der Waals surface area contributed by atoms with E-state index in [1.807, 2.05) is 17.0 Å². The Labute approximate surface area is 165 Å². The van der Waals surface area contributed by atoms with Gasteiger partial charge in [-0.2, -0.15) is 0 Å². The zero-order chi connectivity index (χ0) is 19.1. The molecule has 0 aromatic carbocycles. The summed E-state index contributed by atoms with van der Waals surface area (Å²) in [5.74, 6) is 1.48. The number of amides is 1. The van der Waals surface area contributed by atoms with E-state index in [0.717, 1.165) is 62.0 Å². The van der Waals surface area contributed by atoms with Crippen LogP contribution >= 0.6 is 11.8 Å². The molecule has 146 valence electrons. The minimum atomic E-state index is 0.206. The minimum absolute atomic E-state index is 0.206. The van der Waals surface area contributed by atoms with Crippen molar-refractivity contribution in [3.05, 3.63) is 24.5 Å². The monoisotopic (exact) mass is 389 g/mol. The molecule has 0 spiro atoms. The molecule has 1 fully saturated rings. The number of quaternary nitrogens is 1. The molecular formula is C19H29N6OS+. The quantitative estimate of drug-likeness (QED) is 0.682. The molecule has 3 rings (SSSR count). The van der Waals surface area contributed by atoms with E-state index in [1.54, 1.807) is 12.4 Å². The van der Waals surface area contributed by atoms with Crippen LogP contribution in [0, 0.1) is 0 Å². The average molecular weight is 390 g/mol. The molecule has 2 aromatic rings. The maximum absolute atomic E-state index is 12.5. The zero-order valence-electron chi connectivity index (χ0n) is 16.2. The number of hydrogen-bond donors (Lipinski definition) is 1. The first kappa shape index (κ1) is 19.8. The predicted octanol–water partition coefficient (Wildman–Crippen LogP) is 0.979. The summed E-state index contributed by atoms with van der Waals surface area (Å²) in [5.41, 5.74) is 1.00. The topological polar surface area (TPSA) is 68.3 Å². The second kappa shape index (κ2) is 9.85. The van der Waals surface area contributed by atoms with Crippen LogP contribution in [0.5, 0.6) is 0 Å². The molecule has 0 atom stereocenters. The first-order valence-electron chi connectivity index (χ1n) is 9.68. The number of aromatic nitrogens is 4. The average Bonchev–Trinajstić information content (AvgIpc) is 3.10. The van der Waals surface area contributed by atoms with Crippen molar-refractivity contribution in [2.75, 3.05) is 39.5 Å². The van der Waals surface area contributed by atoms with E-state index < -0.39 is 0 Å². The Morgan fingerprint density at radius 2 is 1.89 bits per heavy atom. The third-order valence-corrected chi connectivity index (χ3v) is 5.70. The van der Waals surface area contributed by atoms with E-state index in [4.69, 9.17) is 0 Å². The van der Waals surface area contributed by atoms with Gasteiger partial charge in [0.15, 0.2) is 11.0 Å². The second-order valence-corrected chi connectivity index (χ2v) is 8.18. The van der Waals surface area contributed by atoms with Gasteiger partial charge < -0.3 is 14.4 Å². The van der Waals surface area contributed by atoms with Crippen LogP contribution in [-0.4, -0.2) is 70.0 Å². The number of thioether (sulfide) groups is 1. The van der Waals surface area contributed by atoms with E-state index >= 15 is 0 Å². The number of likely N-dealkylation sites (tertiary alicyclic amines) is 1. The summed E-state index contributed by atoms with van der Waals surface area (Å²) >= 11 is 1.50. The number of carbonyl (C=O) groups is 1. The molecule has 1 aliphatic heterocycles. The number of piperidine rings is 1. The number of rotatable bonds is 8. The van der Waals surface area contributed by atoms with Crippen molar-refractivity contribution < 1.29 is 9.69 Å². The highest BCUT2D eigenvalue weighted by Gasteiger charge is 2.19. The van der Waals surface area contributed by atoms with Crippen LogP contribution in [0.2, 0.25) is 0 Å². The molecule has 8 heteroatoms. The molecule has 3 heterocycles. The summed E-state index contributed by atoms with van der Waals surface area (Å²) in [4.78, 5) is 20.0. The third kappa shape index (κ3) is 5.52. The van der Waals surface area contributed by atoms with Crippen LogP contribution in [0.1, 0.15) is 25.7 Å². The van der Waals surface area contributed by atoms with Crippen molar-refractivity contribution >= 4 is 17.7 Å². The largest absolute Gasteiger partial charge is 0.342 e.